The molecule has 0 unspecified atom stereocenters. The van der Waals surface area contributed by atoms with E-state index in [1.807, 2.05) is 37.4 Å². The Morgan fingerprint density at radius 1 is 1.38 bits per heavy atom. The zero-order chi connectivity index (χ0) is 9.26. The van der Waals surface area contributed by atoms with Gasteiger partial charge in [0.2, 0.25) is 0 Å². The predicted octanol–water partition coefficient (Wildman–Crippen LogP) is 2.05. The van der Waals surface area contributed by atoms with Crippen LogP contribution in [0.2, 0.25) is 0 Å². The van der Waals surface area contributed by atoms with Gasteiger partial charge in [0.15, 0.2) is 0 Å². The average Bonchev–Trinajstić information content (AvgIpc) is 2.46. The molecule has 0 atom stereocenters. The van der Waals surface area contributed by atoms with Gasteiger partial charge in [0.1, 0.15) is 0 Å². The number of isocyanates is 1. The Labute approximate surface area is 75.3 Å². The quantitative estimate of drug-likeness (QED) is 0.478. The van der Waals surface area contributed by atoms with Crippen LogP contribution in [-0.4, -0.2) is 10.8 Å². The van der Waals surface area contributed by atoms with Crippen LogP contribution >= 0.6 is 0 Å². The lowest BCUT2D eigenvalue weighted by atomic mass is 10.2. The number of aromatic nitrogens is 1. The molecular weight excluding hydrogens is 164 g/mol. The minimum absolute atomic E-state index is 0.934. The average molecular weight is 172 g/mol. The first-order valence-corrected chi connectivity index (χ1v) is 3.98. The molecule has 0 bridgehead atoms. The van der Waals surface area contributed by atoms with Crippen LogP contribution in [0.4, 0.5) is 0 Å². The number of fused-ring (bicyclic) bond motifs is 1. The SMILES string of the molecule is Cc1cn(N=C=O)c2ccccc12. The van der Waals surface area contributed by atoms with Gasteiger partial charge in [-0.2, -0.15) is 0 Å². The van der Waals surface area contributed by atoms with E-state index < -0.39 is 0 Å². The van der Waals surface area contributed by atoms with E-state index in [2.05, 4.69) is 5.10 Å². The topological polar surface area (TPSA) is 34.4 Å². The molecule has 0 aliphatic rings. The van der Waals surface area contributed by atoms with E-state index in [0.29, 0.717) is 0 Å². The number of carbonyl (C=O) groups excluding carboxylic acids is 1. The molecule has 0 radical (unpaired) electrons. The van der Waals surface area contributed by atoms with Gasteiger partial charge in [-0.15, -0.1) is 0 Å². The van der Waals surface area contributed by atoms with Gasteiger partial charge in [-0.1, -0.05) is 23.3 Å². The number of para-hydroxylation sites is 1. The lowest BCUT2D eigenvalue weighted by Gasteiger charge is -1.91. The lowest BCUT2D eigenvalue weighted by Crippen LogP contribution is -1.82. The van der Waals surface area contributed by atoms with E-state index in [-0.39, 0.29) is 0 Å². The van der Waals surface area contributed by atoms with E-state index in [1.165, 1.54) is 10.8 Å². The third kappa shape index (κ3) is 1.15. The number of aryl methyl sites for hydroxylation is 1. The van der Waals surface area contributed by atoms with Crippen molar-refractivity contribution in [2.24, 2.45) is 5.10 Å². The highest BCUT2D eigenvalue weighted by Crippen LogP contribution is 2.19. The van der Waals surface area contributed by atoms with E-state index in [0.717, 1.165) is 16.5 Å². The molecule has 0 N–H and O–H groups in total. The van der Waals surface area contributed by atoms with Gasteiger partial charge < -0.3 is 0 Å². The van der Waals surface area contributed by atoms with Crippen LogP contribution in [0.3, 0.4) is 0 Å². The van der Waals surface area contributed by atoms with Gasteiger partial charge in [0, 0.05) is 11.6 Å². The van der Waals surface area contributed by atoms with E-state index in [4.69, 9.17) is 0 Å². The van der Waals surface area contributed by atoms with Crippen molar-refractivity contribution in [3.63, 3.8) is 0 Å². The van der Waals surface area contributed by atoms with Crippen LogP contribution in [0.25, 0.3) is 10.9 Å². The highest BCUT2D eigenvalue weighted by atomic mass is 16.1. The van der Waals surface area contributed by atoms with Crippen LogP contribution in [0, 0.1) is 6.92 Å². The fraction of sp³-hybridized carbons (Fsp3) is 0.100. The standard InChI is InChI=1S/C10H8N2O/c1-8-6-12(11-7-13)10-5-3-2-4-9(8)10/h2-6H,1H3. The first-order chi connectivity index (χ1) is 6.33. The number of hydrogen-bond acceptors (Lipinski definition) is 2. The zero-order valence-corrected chi connectivity index (χ0v) is 7.19. The molecule has 64 valence electrons. The van der Waals surface area contributed by atoms with E-state index in [1.54, 1.807) is 0 Å². The smallest absolute Gasteiger partial charge is 0.229 e. The van der Waals surface area contributed by atoms with Crippen LogP contribution in [0.15, 0.2) is 35.6 Å². The molecule has 0 aliphatic heterocycles. The van der Waals surface area contributed by atoms with Gasteiger partial charge >= 0.3 is 0 Å². The summed E-state index contributed by atoms with van der Waals surface area (Å²) in [5, 5.41) is 4.68. The molecule has 3 heteroatoms. The second kappa shape index (κ2) is 2.88. The molecule has 0 saturated heterocycles. The van der Waals surface area contributed by atoms with Gasteiger partial charge in [0.05, 0.1) is 5.52 Å². The van der Waals surface area contributed by atoms with Crippen LogP contribution in [0.5, 0.6) is 0 Å². The third-order valence-corrected chi connectivity index (χ3v) is 2.04. The lowest BCUT2D eigenvalue weighted by molar-refractivity contribution is 0.560. The predicted molar refractivity (Wildman–Crippen MR) is 50.2 cm³/mol. The van der Waals surface area contributed by atoms with Gasteiger partial charge in [-0.05, 0) is 18.6 Å². The van der Waals surface area contributed by atoms with Crippen molar-refractivity contribution in [1.82, 2.24) is 4.68 Å². The van der Waals surface area contributed by atoms with Crippen molar-refractivity contribution >= 4 is 17.0 Å². The fourth-order valence-electron chi connectivity index (χ4n) is 1.46. The third-order valence-electron chi connectivity index (χ3n) is 2.04. The highest BCUT2D eigenvalue weighted by molar-refractivity contribution is 5.83. The summed E-state index contributed by atoms with van der Waals surface area (Å²) in [6.45, 7) is 1.99. The minimum Gasteiger partial charge on any atom is -0.229 e. The summed E-state index contributed by atoms with van der Waals surface area (Å²) in [6, 6.07) is 7.80. The van der Waals surface area contributed by atoms with Crippen molar-refractivity contribution in [1.29, 1.82) is 0 Å². The second-order valence-electron chi connectivity index (χ2n) is 2.87. The van der Waals surface area contributed by atoms with Crippen molar-refractivity contribution in [2.45, 2.75) is 6.92 Å². The molecule has 1 heterocycles. The molecule has 2 rings (SSSR count). The van der Waals surface area contributed by atoms with E-state index in [9.17, 15) is 4.79 Å². The molecule has 0 fully saturated rings. The van der Waals surface area contributed by atoms with Gasteiger partial charge in [0.25, 0.3) is 6.08 Å². The molecule has 1 aromatic heterocycles. The minimum atomic E-state index is 0.934. The molecule has 2 aromatic rings. The number of rotatable bonds is 1. The number of nitrogens with zero attached hydrogens (tertiary/aromatic N) is 2. The molecule has 0 spiro atoms. The van der Waals surface area contributed by atoms with Crippen molar-refractivity contribution in [2.75, 3.05) is 0 Å². The maximum absolute atomic E-state index is 10.1. The van der Waals surface area contributed by atoms with Gasteiger partial charge in [-0.3, -0.25) is 0 Å². The van der Waals surface area contributed by atoms with Crippen molar-refractivity contribution in [3.8, 4) is 0 Å². The monoisotopic (exact) mass is 172 g/mol. The molecule has 1 aromatic carbocycles. The Kier molecular flexibility index (Phi) is 1.72. The second-order valence-corrected chi connectivity index (χ2v) is 2.87. The number of benzene rings is 1. The normalized spacial score (nSPS) is 9.92. The Morgan fingerprint density at radius 2 is 2.15 bits per heavy atom. The Bertz CT molecular complexity index is 493. The van der Waals surface area contributed by atoms with E-state index >= 15 is 0 Å². The van der Waals surface area contributed by atoms with Crippen molar-refractivity contribution < 1.29 is 4.79 Å². The fourth-order valence-corrected chi connectivity index (χ4v) is 1.46. The molecule has 0 saturated carbocycles. The van der Waals surface area contributed by atoms with Crippen LogP contribution in [0.1, 0.15) is 5.56 Å². The first-order valence-electron chi connectivity index (χ1n) is 3.98. The summed E-state index contributed by atoms with van der Waals surface area (Å²) >= 11 is 0. The molecule has 13 heavy (non-hydrogen) atoms. The molecule has 3 nitrogen and oxygen atoms in total. The first kappa shape index (κ1) is 7.77. The maximum atomic E-state index is 10.1. The number of hydrogen-bond donors (Lipinski definition) is 0. The zero-order valence-electron chi connectivity index (χ0n) is 7.19. The summed E-state index contributed by atoms with van der Waals surface area (Å²) in [5.74, 6) is 0. The van der Waals surface area contributed by atoms with Crippen LogP contribution in [-0.2, 0) is 4.79 Å². The summed E-state index contributed by atoms with van der Waals surface area (Å²) in [7, 11) is 0. The summed E-state index contributed by atoms with van der Waals surface area (Å²) in [6.07, 6.45) is 3.34. The highest BCUT2D eigenvalue weighted by Gasteiger charge is 2.02. The Morgan fingerprint density at radius 3 is 2.92 bits per heavy atom. The molecule has 0 aliphatic carbocycles. The summed E-state index contributed by atoms with van der Waals surface area (Å²) in [5.41, 5.74) is 2.04. The van der Waals surface area contributed by atoms with Crippen molar-refractivity contribution in [3.05, 3.63) is 36.0 Å². The Hall–Kier alpha value is -1.86. The van der Waals surface area contributed by atoms with Crippen LogP contribution < -0.4 is 0 Å². The maximum Gasteiger partial charge on any atom is 0.258 e. The Balaban J connectivity index is 2.85. The largest absolute Gasteiger partial charge is 0.258 e. The summed E-state index contributed by atoms with van der Waals surface area (Å²) in [4.78, 5) is 10.1. The molecule has 0 amide bonds. The summed E-state index contributed by atoms with van der Waals surface area (Å²) < 4.78 is 1.54. The molecular formula is C10H8N2O. The van der Waals surface area contributed by atoms with Gasteiger partial charge in [-0.25, -0.2) is 9.47 Å².